The largest absolute Gasteiger partial charge is 0.493 e. The lowest BCUT2D eigenvalue weighted by atomic mass is 10.1. The van der Waals surface area contributed by atoms with Gasteiger partial charge in [0.05, 0.1) is 26.9 Å². The van der Waals surface area contributed by atoms with E-state index in [1.54, 1.807) is 21.3 Å². The zero-order valence-corrected chi connectivity index (χ0v) is 13.4. The van der Waals surface area contributed by atoms with Crippen molar-refractivity contribution in [3.63, 3.8) is 0 Å². The molecular weight excluding hydrogens is 270 g/mol. The minimum Gasteiger partial charge on any atom is -0.493 e. The highest BCUT2D eigenvalue weighted by molar-refractivity contribution is 5.43. The second-order valence-corrected chi connectivity index (χ2v) is 5.15. The van der Waals surface area contributed by atoms with Crippen LogP contribution in [0.2, 0.25) is 0 Å². The fourth-order valence-electron chi connectivity index (χ4n) is 2.21. The zero-order chi connectivity index (χ0) is 15.7. The summed E-state index contributed by atoms with van der Waals surface area (Å²) in [7, 11) is 4.86. The molecule has 0 aliphatic rings. The molecule has 0 bridgehead atoms. The summed E-state index contributed by atoms with van der Waals surface area (Å²) in [5, 5.41) is 13.0. The molecule has 0 radical (unpaired) electrons. The second kappa shape index (κ2) is 9.60. The molecule has 5 heteroatoms. The van der Waals surface area contributed by atoms with E-state index in [0.717, 1.165) is 24.5 Å². The van der Waals surface area contributed by atoms with Gasteiger partial charge in [0.15, 0.2) is 11.5 Å². The average molecular weight is 297 g/mol. The molecule has 0 heterocycles. The number of hydrogen-bond donors (Lipinski definition) is 2. The molecule has 2 unspecified atom stereocenters. The summed E-state index contributed by atoms with van der Waals surface area (Å²) in [4.78, 5) is 0. The first kappa shape index (κ1) is 17.8. The standard InChI is InChI=1S/C16H27NO4/c1-12(17-8-7-14(18)11-19-2)9-13-5-6-15(20-3)16(10-13)21-4/h5-6,10,12,14,17-18H,7-9,11H2,1-4H3. The second-order valence-electron chi connectivity index (χ2n) is 5.15. The van der Waals surface area contributed by atoms with E-state index in [9.17, 15) is 5.11 Å². The van der Waals surface area contributed by atoms with Crippen molar-refractivity contribution in [3.05, 3.63) is 23.8 Å². The first-order chi connectivity index (χ1) is 10.1. The molecule has 2 atom stereocenters. The molecule has 120 valence electrons. The summed E-state index contributed by atoms with van der Waals surface area (Å²) in [5.41, 5.74) is 1.19. The van der Waals surface area contributed by atoms with E-state index < -0.39 is 6.10 Å². The maximum atomic E-state index is 9.58. The van der Waals surface area contributed by atoms with Crippen molar-refractivity contribution in [2.45, 2.75) is 31.9 Å². The van der Waals surface area contributed by atoms with Crippen LogP contribution >= 0.6 is 0 Å². The van der Waals surface area contributed by atoms with Gasteiger partial charge in [0.25, 0.3) is 0 Å². The van der Waals surface area contributed by atoms with E-state index in [-0.39, 0.29) is 0 Å². The van der Waals surface area contributed by atoms with Crippen molar-refractivity contribution in [1.29, 1.82) is 0 Å². The van der Waals surface area contributed by atoms with Crippen LogP contribution in [0.15, 0.2) is 18.2 Å². The lowest BCUT2D eigenvalue weighted by Crippen LogP contribution is -2.31. The van der Waals surface area contributed by atoms with Gasteiger partial charge in [0, 0.05) is 13.2 Å². The van der Waals surface area contributed by atoms with E-state index in [1.165, 1.54) is 5.56 Å². The van der Waals surface area contributed by atoms with E-state index in [2.05, 4.69) is 12.2 Å². The van der Waals surface area contributed by atoms with Gasteiger partial charge in [-0.05, 0) is 44.0 Å². The van der Waals surface area contributed by atoms with Gasteiger partial charge in [-0.25, -0.2) is 0 Å². The average Bonchev–Trinajstić information content (AvgIpc) is 2.47. The number of hydrogen-bond acceptors (Lipinski definition) is 5. The molecule has 1 aromatic rings. The van der Waals surface area contributed by atoms with Gasteiger partial charge in [-0.15, -0.1) is 0 Å². The highest BCUT2D eigenvalue weighted by Crippen LogP contribution is 2.27. The molecule has 1 aromatic carbocycles. The third-order valence-electron chi connectivity index (χ3n) is 3.32. The van der Waals surface area contributed by atoms with Crippen molar-refractivity contribution in [2.75, 3.05) is 34.5 Å². The lowest BCUT2D eigenvalue weighted by Gasteiger charge is -2.16. The minimum atomic E-state index is -0.407. The normalized spacial score (nSPS) is 13.8. The number of aliphatic hydroxyl groups is 1. The Balaban J connectivity index is 2.42. The summed E-state index contributed by atoms with van der Waals surface area (Å²) in [5.74, 6) is 1.49. The van der Waals surface area contributed by atoms with Gasteiger partial charge < -0.3 is 24.6 Å². The molecule has 0 aliphatic heterocycles. The Morgan fingerprint density at radius 1 is 1.14 bits per heavy atom. The predicted molar refractivity (Wildman–Crippen MR) is 83.2 cm³/mol. The van der Waals surface area contributed by atoms with Crippen LogP contribution in [-0.4, -0.2) is 51.7 Å². The SMILES string of the molecule is COCC(O)CCNC(C)Cc1ccc(OC)c(OC)c1. The zero-order valence-electron chi connectivity index (χ0n) is 13.4. The van der Waals surface area contributed by atoms with Gasteiger partial charge in [-0.2, -0.15) is 0 Å². The molecule has 0 aromatic heterocycles. The van der Waals surface area contributed by atoms with Gasteiger partial charge in [-0.3, -0.25) is 0 Å². The number of methoxy groups -OCH3 is 3. The minimum absolute atomic E-state index is 0.317. The molecule has 0 saturated carbocycles. The molecule has 0 amide bonds. The quantitative estimate of drug-likeness (QED) is 0.687. The van der Waals surface area contributed by atoms with Crippen LogP contribution in [0.1, 0.15) is 18.9 Å². The van der Waals surface area contributed by atoms with Crippen LogP contribution in [0.5, 0.6) is 11.5 Å². The Labute approximate surface area is 127 Å². The number of rotatable bonds is 10. The van der Waals surface area contributed by atoms with E-state index in [0.29, 0.717) is 19.1 Å². The Hall–Kier alpha value is -1.30. The molecular formula is C16H27NO4. The highest BCUT2D eigenvalue weighted by Gasteiger charge is 2.09. The number of ether oxygens (including phenoxy) is 3. The smallest absolute Gasteiger partial charge is 0.160 e. The third-order valence-corrected chi connectivity index (χ3v) is 3.32. The molecule has 0 spiro atoms. The number of benzene rings is 1. The summed E-state index contributed by atoms with van der Waals surface area (Å²) in [6, 6.07) is 6.28. The van der Waals surface area contributed by atoms with Gasteiger partial charge >= 0.3 is 0 Å². The van der Waals surface area contributed by atoms with Crippen molar-refractivity contribution >= 4 is 0 Å². The van der Waals surface area contributed by atoms with Gasteiger partial charge in [0.2, 0.25) is 0 Å². The maximum absolute atomic E-state index is 9.58. The summed E-state index contributed by atoms with van der Waals surface area (Å²) >= 11 is 0. The van der Waals surface area contributed by atoms with E-state index in [1.807, 2.05) is 18.2 Å². The fourth-order valence-corrected chi connectivity index (χ4v) is 2.21. The van der Waals surface area contributed by atoms with E-state index >= 15 is 0 Å². The number of nitrogens with one attached hydrogen (secondary N) is 1. The monoisotopic (exact) mass is 297 g/mol. The van der Waals surface area contributed by atoms with Crippen molar-refractivity contribution in [3.8, 4) is 11.5 Å². The molecule has 1 rings (SSSR count). The van der Waals surface area contributed by atoms with E-state index in [4.69, 9.17) is 14.2 Å². The van der Waals surface area contributed by atoms with Crippen LogP contribution in [0.3, 0.4) is 0 Å². The third kappa shape index (κ3) is 6.33. The van der Waals surface area contributed by atoms with Crippen molar-refractivity contribution in [2.24, 2.45) is 0 Å². The summed E-state index contributed by atoms with van der Waals surface area (Å²) in [6.07, 6.45) is 1.17. The Kier molecular flexibility index (Phi) is 8.12. The molecule has 2 N–H and O–H groups in total. The summed E-state index contributed by atoms with van der Waals surface area (Å²) in [6.45, 7) is 3.27. The van der Waals surface area contributed by atoms with Crippen LogP contribution < -0.4 is 14.8 Å². The first-order valence-corrected chi connectivity index (χ1v) is 7.22. The molecule has 0 saturated heterocycles. The topological polar surface area (TPSA) is 60.0 Å². The Morgan fingerprint density at radius 2 is 1.86 bits per heavy atom. The van der Waals surface area contributed by atoms with Crippen LogP contribution in [0.25, 0.3) is 0 Å². The lowest BCUT2D eigenvalue weighted by molar-refractivity contribution is 0.0591. The van der Waals surface area contributed by atoms with Crippen LogP contribution in [-0.2, 0) is 11.2 Å². The van der Waals surface area contributed by atoms with Crippen molar-refractivity contribution in [1.82, 2.24) is 5.32 Å². The molecule has 0 aliphatic carbocycles. The summed E-state index contributed by atoms with van der Waals surface area (Å²) < 4.78 is 15.4. The molecule has 5 nitrogen and oxygen atoms in total. The molecule has 0 fully saturated rings. The molecule has 21 heavy (non-hydrogen) atoms. The first-order valence-electron chi connectivity index (χ1n) is 7.22. The van der Waals surface area contributed by atoms with Gasteiger partial charge in [-0.1, -0.05) is 6.07 Å². The maximum Gasteiger partial charge on any atom is 0.160 e. The highest BCUT2D eigenvalue weighted by atomic mass is 16.5. The Bertz CT molecular complexity index is 411. The van der Waals surface area contributed by atoms with Gasteiger partial charge in [0.1, 0.15) is 0 Å². The predicted octanol–water partition coefficient (Wildman–Crippen LogP) is 1.62. The van der Waals surface area contributed by atoms with Crippen LogP contribution in [0.4, 0.5) is 0 Å². The van der Waals surface area contributed by atoms with Crippen LogP contribution in [0, 0.1) is 0 Å². The van der Waals surface area contributed by atoms with Crippen molar-refractivity contribution < 1.29 is 19.3 Å². The Morgan fingerprint density at radius 3 is 2.48 bits per heavy atom. The fraction of sp³-hybridized carbons (Fsp3) is 0.625. The number of aliphatic hydroxyl groups excluding tert-OH is 1.